The van der Waals surface area contributed by atoms with E-state index in [-0.39, 0.29) is 0 Å². The van der Waals surface area contributed by atoms with E-state index in [4.69, 9.17) is 0 Å². The van der Waals surface area contributed by atoms with Crippen LogP contribution in [-0.2, 0) is 0 Å². The monoisotopic (exact) mass is 251 g/mol. The lowest BCUT2D eigenvalue weighted by Crippen LogP contribution is -2.48. The van der Waals surface area contributed by atoms with E-state index < -0.39 is 0 Å². The summed E-state index contributed by atoms with van der Waals surface area (Å²) in [7, 11) is 0. The minimum atomic E-state index is 0.780. The zero-order valence-electron chi connectivity index (χ0n) is 11.9. The molecule has 3 fully saturated rings. The highest BCUT2D eigenvalue weighted by atomic mass is 15.2. The van der Waals surface area contributed by atoms with Gasteiger partial charge >= 0.3 is 0 Å². The molecular formula is C15H29N3. The first-order valence-corrected chi connectivity index (χ1v) is 8.07. The van der Waals surface area contributed by atoms with E-state index in [1.54, 1.807) is 0 Å². The van der Waals surface area contributed by atoms with Gasteiger partial charge in [0, 0.05) is 37.8 Å². The van der Waals surface area contributed by atoms with Gasteiger partial charge in [0.2, 0.25) is 0 Å². The summed E-state index contributed by atoms with van der Waals surface area (Å²) >= 11 is 0. The Kier molecular flexibility index (Phi) is 4.22. The van der Waals surface area contributed by atoms with Crippen molar-refractivity contribution in [2.45, 2.75) is 63.6 Å². The Balaban J connectivity index is 1.38. The first-order valence-electron chi connectivity index (χ1n) is 8.07. The van der Waals surface area contributed by atoms with Crippen LogP contribution in [0.4, 0.5) is 0 Å². The Bertz CT molecular complexity index is 260. The zero-order chi connectivity index (χ0) is 12.4. The second-order valence-corrected chi connectivity index (χ2v) is 6.44. The molecule has 0 radical (unpaired) electrons. The van der Waals surface area contributed by atoms with E-state index in [1.165, 1.54) is 71.2 Å². The lowest BCUT2D eigenvalue weighted by atomic mass is 10.1. The van der Waals surface area contributed by atoms with Crippen molar-refractivity contribution >= 4 is 0 Å². The van der Waals surface area contributed by atoms with Crippen molar-refractivity contribution in [3.63, 3.8) is 0 Å². The lowest BCUT2D eigenvalue weighted by molar-refractivity contribution is 0.158. The third kappa shape index (κ3) is 3.69. The van der Waals surface area contributed by atoms with Gasteiger partial charge in [0.15, 0.2) is 0 Å². The predicted molar refractivity (Wildman–Crippen MR) is 75.9 cm³/mol. The summed E-state index contributed by atoms with van der Waals surface area (Å²) < 4.78 is 0. The molecule has 3 rings (SSSR count). The van der Waals surface area contributed by atoms with Crippen LogP contribution >= 0.6 is 0 Å². The highest BCUT2D eigenvalue weighted by Gasteiger charge is 2.29. The van der Waals surface area contributed by atoms with Crippen molar-refractivity contribution in [2.24, 2.45) is 0 Å². The minimum Gasteiger partial charge on any atom is -0.310 e. The fourth-order valence-electron chi connectivity index (χ4n) is 3.29. The Morgan fingerprint density at radius 3 is 2.61 bits per heavy atom. The predicted octanol–water partition coefficient (Wildman–Crippen LogP) is 1.69. The standard InChI is InChI=1S/C15H29N3/c1-2-18(15-7-8-15)11-10-17-9-3-4-14(12-17)16-13-5-6-13/h13-16H,2-12H2,1H3. The summed E-state index contributed by atoms with van der Waals surface area (Å²) in [4.78, 5) is 5.37. The van der Waals surface area contributed by atoms with Gasteiger partial charge in [-0.2, -0.15) is 0 Å². The molecule has 1 unspecified atom stereocenters. The third-order valence-electron chi connectivity index (χ3n) is 4.73. The molecule has 0 spiro atoms. The molecule has 3 heteroatoms. The van der Waals surface area contributed by atoms with Gasteiger partial charge in [-0.1, -0.05) is 6.92 Å². The van der Waals surface area contributed by atoms with Gasteiger partial charge in [-0.15, -0.1) is 0 Å². The van der Waals surface area contributed by atoms with Crippen LogP contribution in [0.25, 0.3) is 0 Å². The van der Waals surface area contributed by atoms with E-state index in [2.05, 4.69) is 22.0 Å². The summed E-state index contributed by atoms with van der Waals surface area (Å²) in [5.74, 6) is 0. The van der Waals surface area contributed by atoms with Crippen molar-refractivity contribution in [1.29, 1.82) is 0 Å². The molecular weight excluding hydrogens is 222 g/mol. The van der Waals surface area contributed by atoms with Crippen LogP contribution in [0, 0.1) is 0 Å². The number of hydrogen-bond donors (Lipinski definition) is 1. The van der Waals surface area contributed by atoms with Crippen LogP contribution in [0.2, 0.25) is 0 Å². The van der Waals surface area contributed by atoms with Crippen molar-refractivity contribution < 1.29 is 0 Å². The van der Waals surface area contributed by atoms with Crippen LogP contribution in [0.5, 0.6) is 0 Å². The Morgan fingerprint density at radius 1 is 1.11 bits per heavy atom. The maximum atomic E-state index is 3.80. The number of hydrogen-bond acceptors (Lipinski definition) is 3. The number of likely N-dealkylation sites (tertiary alicyclic amines) is 1. The highest BCUT2D eigenvalue weighted by Crippen LogP contribution is 2.26. The highest BCUT2D eigenvalue weighted by molar-refractivity contribution is 4.89. The fraction of sp³-hybridized carbons (Fsp3) is 1.00. The summed E-state index contributed by atoms with van der Waals surface area (Å²) in [6.45, 7) is 8.74. The van der Waals surface area contributed by atoms with Crippen molar-refractivity contribution in [1.82, 2.24) is 15.1 Å². The molecule has 1 atom stereocenters. The molecule has 18 heavy (non-hydrogen) atoms. The van der Waals surface area contributed by atoms with Gasteiger partial charge < -0.3 is 10.2 Å². The molecule has 2 saturated carbocycles. The molecule has 1 saturated heterocycles. The molecule has 0 aromatic heterocycles. The zero-order valence-corrected chi connectivity index (χ0v) is 11.9. The van der Waals surface area contributed by atoms with Crippen LogP contribution in [0.3, 0.4) is 0 Å². The summed E-state index contributed by atoms with van der Waals surface area (Å²) in [6.07, 6.45) is 8.51. The average Bonchev–Trinajstić information content (AvgIpc) is 3.24. The van der Waals surface area contributed by atoms with Crippen molar-refractivity contribution in [2.75, 3.05) is 32.7 Å². The summed E-state index contributed by atoms with van der Waals surface area (Å²) in [6, 6.07) is 2.58. The van der Waals surface area contributed by atoms with E-state index in [1.807, 2.05) is 0 Å². The quantitative estimate of drug-likeness (QED) is 0.743. The van der Waals surface area contributed by atoms with Gasteiger partial charge in [-0.05, 0) is 51.6 Å². The molecule has 0 aromatic rings. The van der Waals surface area contributed by atoms with Crippen LogP contribution < -0.4 is 5.32 Å². The van der Waals surface area contributed by atoms with Crippen molar-refractivity contribution in [3.05, 3.63) is 0 Å². The third-order valence-corrected chi connectivity index (χ3v) is 4.73. The Hall–Kier alpha value is -0.120. The summed E-state index contributed by atoms with van der Waals surface area (Å²) in [5.41, 5.74) is 0. The molecule has 0 amide bonds. The molecule has 0 aromatic carbocycles. The topological polar surface area (TPSA) is 18.5 Å². The Labute approximate surface area is 112 Å². The normalized spacial score (nSPS) is 30.0. The second-order valence-electron chi connectivity index (χ2n) is 6.44. The Morgan fingerprint density at radius 2 is 1.94 bits per heavy atom. The second kappa shape index (κ2) is 5.89. The van der Waals surface area contributed by atoms with Gasteiger partial charge in [0.25, 0.3) is 0 Å². The molecule has 3 nitrogen and oxygen atoms in total. The molecule has 3 aliphatic rings. The van der Waals surface area contributed by atoms with Gasteiger partial charge in [-0.3, -0.25) is 4.90 Å². The van der Waals surface area contributed by atoms with Crippen molar-refractivity contribution in [3.8, 4) is 0 Å². The first kappa shape index (κ1) is 12.9. The van der Waals surface area contributed by atoms with Crippen LogP contribution in [0.1, 0.15) is 45.4 Å². The number of rotatable bonds is 7. The van der Waals surface area contributed by atoms with E-state index in [0.29, 0.717) is 0 Å². The van der Waals surface area contributed by atoms with Crippen LogP contribution in [-0.4, -0.2) is 60.6 Å². The van der Waals surface area contributed by atoms with E-state index in [9.17, 15) is 0 Å². The largest absolute Gasteiger partial charge is 0.310 e. The number of likely N-dealkylation sites (N-methyl/N-ethyl adjacent to an activating group) is 1. The number of nitrogens with one attached hydrogen (secondary N) is 1. The molecule has 104 valence electrons. The smallest absolute Gasteiger partial charge is 0.0198 e. The fourth-order valence-corrected chi connectivity index (χ4v) is 3.29. The molecule has 2 aliphatic carbocycles. The van der Waals surface area contributed by atoms with Crippen LogP contribution in [0.15, 0.2) is 0 Å². The number of nitrogens with zero attached hydrogens (tertiary/aromatic N) is 2. The molecule has 1 aliphatic heterocycles. The van der Waals surface area contributed by atoms with Gasteiger partial charge in [-0.25, -0.2) is 0 Å². The molecule has 1 N–H and O–H groups in total. The maximum Gasteiger partial charge on any atom is 0.0198 e. The maximum absolute atomic E-state index is 3.80. The van der Waals surface area contributed by atoms with Gasteiger partial charge in [0.1, 0.15) is 0 Å². The SMILES string of the molecule is CCN(CCN1CCCC(NC2CC2)C1)C1CC1. The first-order chi connectivity index (χ1) is 8.85. The summed E-state index contributed by atoms with van der Waals surface area (Å²) in [5, 5.41) is 3.80. The number of piperidine rings is 1. The average molecular weight is 251 g/mol. The molecule has 0 bridgehead atoms. The van der Waals surface area contributed by atoms with E-state index in [0.717, 1.165) is 18.1 Å². The lowest BCUT2D eigenvalue weighted by Gasteiger charge is -2.34. The minimum absolute atomic E-state index is 0.780. The van der Waals surface area contributed by atoms with Gasteiger partial charge in [0.05, 0.1) is 0 Å². The van der Waals surface area contributed by atoms with E-state index >= 15 is 0 Å². The molecule has 1 heterocycles.